The van der Waals surface area contributed by atoms with Crippen molar-refractivity contribution in [2.45, 2.75) is 31.6 Å². The maximum atomic E-state index is 12.4. The molecule has 2 amide bonds. The lowest BCUT2D eigenvalue weighted by atomic mass is 10.0. The smallest absolute Gasteiger partial charge is 0.319 e. The van der Waals surface area contributed by atoms with E-state index in [-0.39, 0.29) is 10.9 Å². The second kappa shape index (κ2) is 6.66. The Balaban J connectivity index is 2.18. The maximum Gasteiger partial charge on any atom is 0.319 e. The largest absolute Gasteiger partial charge is 0.325 e. The minimum Gasteiger partial charge on any atom is -0.325 e. The second-order valence-electron chi connectivity index (χ2n) is 5.42. The van der Waals surface area contributed by atoms with Crippen LogP contribution in [0.1, 0.15) is 25.0 Å². The van der Waals surface area contributed by atoms with Crippen molar-refractivity contribution < 1.29 is 13.2 Å². The number of carbonyl (C=O) groups excluding carboxylic acids is 1. The third-order valence-corrected chi connectivity index (χ3v) is 5.02. The standard InChI is InChI=1S/C15H23N3O3S/c1-3-17(4-2)15(19)18-9-7-12-5-6-14(22(16,20)21)11-13(12)8-10-18/h5-6,11H,3-4,7-10H2,1-2H3,(H2,16,20,21). The monoisotopic (exact) mass is 325 g/mol. The highest BCUT2D eigenvalue weighted by Crippen LogP contribution is 2.20. The van der Waals surface area contributed by atoms with E-state index in [2.05, 4.69) is 0 Å². The van der Waals surface area contributed by atoms with Gasteiger partial charge in [-0.05, 0) is 49.9 Å². The van der Waals surface area contributed by atoms with Gasteiger partial charge in [0, 0.05) is 26.2 Å². The molecule has 0 radical (unpaired) electrons. The Labute approximate surface area is 131 Å². The zero-order valence-electron chi connectivity index (χ0n) is 13.1. The van der Waals surface area contributed by atoms with Crippen molar-refractivity contribution in [3.8, 4) is 0 Å². The highest BCUT2D eigenvalue weighted by atomic mass is 32.2. The molecule has 0 spiro atoms. The molecule has 0 saturated carbocycles. The zero-order chi connectivity index (χ0) is 16.3. The van der Waals surface area contributed by atoms with Gasteiger partial charge in [-0.15, -0.1) is 0 Å². The fourth-order valence-electron chi connectivity index (χ4n) is 2.76. The molecule has 7 heteroatoms. The van der Waals surface area contributed by atoms with E-state index < -0.39 is 10.0 Å². The average molecular weight is 325 g/mol. The van der Waals surface area contributed by atoms with Crippen LogP contribution in [0.3, 0.4) is 0 Å². The summed E-state index contributed by atoms with van der Waals surface area (Å²) in [6.07, 6.45) is 1.37. The zero-order valence-corrected chi connectivity index (χ0v) is 13.9. The molecule has 1 aromatic carbocycles. The molecule has 1 aromatic rings. The molecule has 0 atom stereocenters. The van der Waals surface area contributed by atoms with Crippen LogP contribution in [0.15, 0.2) is 23.1 Å². The van der Waals surface area contributed by atoms with Crippen LogP contribution < -0.4 is 5.14 Å². The number of nitrogens with zero attached hydrogens (tertiary/aromatic N) is 2. The van der Waals surface area contributed by atoms with Crippen molar-refractivity contribution in [2.75, 3.05) is 26.2 Å². The fraction of sp³-hybridized carbons (Fsp3) is 0.533. The van der Waals surface area contributed by atoms with Crippen molar-refractivity contribution in [3.05, 3.63) is 29.3 Å². The SMILES string of the molecule is CCN(CC)C(=O)N1CCc2ccc(S(N)(=O)=O)cc2CC1. The van der Waals surface area contributed by atoms with E-state index in [1.165, 1.54) is 6.07 Å². The normalized spacial score (nSPS) is 15.1. The molecule has 0 fully saturated rings. The molecule has 2 N–H and O–H groups in total. The first-order chi connectivity index (χ1) is 10.4. The van der Waals surface area contributed by atoms with Crippen LogP contribution in [-0.4, -0.2) is 50.4 Å². The van der Waals surface area contributed by atoms with Crippen LogP contribution in [0.4, 0.5) is 4.79 Å². The molecule has 22 heavy (non-hydrogen) atoms. The average Bonchev–Trinajstić information content (AvgIpc) is 2.69. The molecule has 0 aromatic heterocycles. The summed E-state index contributed by atoms with van der Waals surface area (Å²) < 4.78 is 22.9. The number of hydrogen-bond acceptors (Lipinski definition) is 3. The summed E-state index contributed by atoms with van der Waals surface area (Å²) in [6.45, 7) is 6.55. The summed E-state index contributed by atoms with van der Waals surface area (Å²) in [7, 11) is -3.69. The van der Waals surface area contributed by atoms with Gasteiger partial charge in [-0.2, -0.15) is 0 Å². The summed E-state index contributed by atoms with van der Waals surface area (Å²) >= 11 is 0. The van der Waals surface area contributed by atoms with E-state index in [4.69, 9.17) is 5.14 Å². The first-order valence-corrected chi connectivity index (χ1v) is 9.10. The summed E-state index contributed by atoms with van der Waals surface area (Å²) in [4.78, 5) is 16.2. The van der Waals surface area contributed by atoms with Crippen molar-refractivity contribution in [2.24, 2.45) is 5.14 Å². The summed E-state index contributed by atoms with van der Waals surface area (Å²) in [5.41, 5.74) is 2.05. The first kappa shape index (κ1) is 16.8. The number of amides is 2. The van der Waals surface area contributed by atoms with E-state index in [1.807, 2.05) is 18.7 Å². The number of nitrogens with two attached hydrogens (primary N) is 1. The molecule has 0 unspecified atom stereocenters. The Hall–Kier alpha value is -1.60. The Morgan fingerprint density at radius 1 is 1.18 bits per heavy atom. The van der Waals surface area contributed by atoms with Crippen LogP contribution in [-0.2, 0) is 22.9 Å². The van der Waals surface area contributed by atoms with Crippen molar-refractivity contribution in [1.29, 1.82) is 0 Å². The Bertz CT molecular complexity index is 654. The van der Waals surface area contributed by atoms with Gasteiger partial charge in [0.2, 0.25) is 10.0 Å². The fourth-order valence-corrected chi connectivity index (χ4v) is 3.33. The van der Waals surface area contributed by atoms with Crippen LogP contribution in [0, 0.1) is 0 Å². The molecule has 0 aliphatic carbocycles. The third kappa shape index (κ3) is 3.59. The molecule has 0 bridgehead atoms. The van der Waals surface area contributed by atoms with Crippen LogP contribution >= 0.6 is 0 Å². The molecule has 1 aliphatic rings. The van der Waals surface area contributed by atoms with Crippen molar-refractivity contribution >= 4 is 16.1 Å². The Kier molecular flexibility index (Phi) is 5.08. The third-order valence-electron chi connectivity index (χ3n) is 4.11. The van der Waals surface area contributed by atoms with Crippen molar-refractivity contribution in [3.63, 3.8) is 0 Å². The van der Waals surface area contributed by atoms with Gasteiger partial charge in [-0.25, -0.2) is 18.4 Å². The molecule has 1 heterocycles. The highest BCUT2D eigenvalue weighted by Gasteiger charge is 2.22. The maximum absolute atomic E-state index is 12.4. The summed E-state index contributed by atoms with van der Waals surface area (Å²) in [5.74, 6) is 0. The van der Waals surface area contributed by atoms with E-state index in [1.54, 1.807) is 17.0 Å². The quantitative estimate of drug-likeness (QED) is 0.906. The summed E-state index contributed by atoms with van der Waals surface area (Å²) in [6, 6.07) is 5.02. The van der Waals surface area contributed by atoms with E-state index in [0.717, 1.165) is 17.5 Å². The molecular weight excluding hydrogens is 302 g/mol. The van der Waals surface area contributed by atoms with Gasteiger partial charge in [0.15, 0.2) is 0 Å². The molecule has 1 aliphatic heterocycles. The molecular formula is C15H23N3O3S. The number of hydrogen-bond donors (Lipinski definition) is 1. The van der Waals surface area contributed by atoms with Gasteiger partial charge in [-0.3, -0.25) is 0 Å². The molecule has 2 rings (SSSR count). The lowest BCUT2D eigenvalue weighted by molar-refractivity contribution is 0.159. The van der Waals surface area contributed by atoms with E-state index in [9.17, 15) is 13.2 Å². The number of urea groups is 1. The predicted octanol–water partition coefficient (Wildman–Crippen LogP) is 1.20. The lowest BCUT2D eigenvalue weighted by Gasteiger charge is -2.28. The van der Waals surface area contributed by atoms with Crippen LogP contribution in [0.5, 0.6) is 0 Å². The Morgan fingerprint density at radius 3 is 2.32 bits per heavy atom. The van der Waals surface area contributed by atoms with Gasteiger partial charge in [0.1, 0.15) is 0 Å². The van der Waals surface area contributed by atoms with Crippen molar-refractivity contribution in [1.82, 2.24) is 9.80 Å². The molecule has 122 valence electrons. The van der Waals surface area contributed by atoms with Gasteiger partial charge in [0.25, 0.3) is 0 Å². The minimum absolute atomic E-state index is 0.0458. The number of rotatable bonds is 3. The molecule has 6 nitrogen and oxygen atoms in total. The topological polar surface area (TPSA) is 83.7 Å². The minimum atomic E-state index is -3.69. The number of carbonyl (C=O) groups is 1. The lowest BCUT2D eigenvalue weighted by Crippen LogP contribution is -2.44. The summed E-state index contributed by atoms with van der Waals surface area (Å²) in [5, 5.41) is 5.18. The number of fused-ring (bicyclic) bond motifs is 1. The van der Waals surface area contributed by atoms with Crippen LogP contribution in [0.25, 0.3) is 0 Å². The Morgan fingerprint density at radius 2 is 1.77 bits per heavy atom. The second-order valence-corrected chi connectivity index (χ2v) is 6.98. The van der Waals surface area contributed by atoms with Crippen LogP contribution in [0.2, 0.25) is 0 Å². The number of benzene rings is 1. The van der Waals surface area contributed by atoms with E-state index in [0.29, 0.717) is 32.6 Å². The number of primary sulfonamides is 1. The van der Waals surface area contributed by atoms with Gasteiger partial charge in [-0.1, -0.05) is 6.07 Å². The van der Waals surface area contributed by atoms with Gasteiger partial charge < -0.3 is 9.80 Å². The van der Waals surface area contributed by atoms with Gasteiger partial charge >= 0.3 is 6.03 Å². The highest BCUT2D eigenvalue weighted by molar-refractivity contribution is 7.89. The van der Waals surface area contributed by atoms with E-state index >= 15 is 0 Å². The number of sulfonamides is 1. The molecule has 0 saturated heterocycles. The predicted molar refractivity (Wildman–Crippen MR) is 85.1 cm³/mol. The van der Waals surface area contributed by atoms with Gasteiger partial charge in [0.05, 0.1) is 4.90 Å². The first-order valence-electron chi connectivity index (χ1n) is 7.55.